The Bertz CT molecular complexity index is 1260. The van der Waals surface area contributed by atoms with Crippen molar-refractivity contribution in [2.24, 2.45) is 5.10 Å². The number of amides is 2. The van der Waals surface area contributed by atoms with E-state index in [-0.39, 0.29) is 12.2 Å². The molecule has 0 aliphatic carbocycles. The molecule has 11 heteroatoms. The molecular formula is C28H34N4O7. The van der Waals surface area contributed by atoms with E-state index in [1.165, 1.54) is 7.11 Å². The van der Waals surface area contributed by atoms with Gasteiger partial charge in [-0.3, -0.25) is 5.43 Å². The van der Waals surface area contributed by atoms with Gasteiger partial charge in [-0.15, -0.1) is 6.58 Å². The molecule has 2 atom stereocenters. The number of hydrogen-bond acceptors (Lipinski definition) is 9. The van der Waals surface area contributed by atoms with Crippen LogP contribution < -0.4 is 30.3 Å². The first kappa shape index (κ1) is 29.1. The number of aliphatic hydroxyl groups is 1. The van der Waals surface area contributed by atoms with Gasteiger partial charge in [0.15, 0.2) is 17.7 Å². The van der Waals surface area contributed by atoms with Crippen molar-refractivity contribution in [1.29, 1.82) is 0 Å². The molecule has 0 radical (unpaired) electrons. The van der Waals surface area contributed by atoms with Crippen LogP contribution in [-0.2, 0) is 16.0 Å². The second kappa shape index (κ2) is 13.9. The van der Waals surface area contributed by atoms with Crippen LogP contribution >= 0.6 is 0 Å². The highest BCUT2D eigenvalue weighted by Gasteiger charge is 2.32. The summed E-state index contributed by atoms with van der Waals surface area (Å²) >= 11 is 0. The number of allylic oxidation sites excluding steroid dienone is 2. The van der Waals surface area contributed by atoms with Crippen LogP contribution in [0, 0.1) is 0 Å². The first-order valence-corrected chi connectivity index (χ1v) is 12.3. The van der Waals surface area contributed by atoms with Crippen molar-refractivity contribution in [3.63, 3.8) is 0 Å². The minimum atomic E-state index is -1.11. The van der Waals surface area contributed by atoms with Gasteiger partial charge in [0.1, 0.15) is 12.4 Å². The fraction of sp³-hybridized carbons (Fsp3) is 0.321. The number of methoxy groups -OCH3 is 2. The molecule has 1 aliphatic heterocycles. The van der Waals surface area contributed by atoms with E-state index in [0.29, 0.717) is 35.8 Å². The zero-order chi connectivity index (χ0) is 28.4. The van der Waals surface area contributed by atoms with E-state index < -0.39 is 24.3 Å². The van der Waals surface area contributed by atoms with Gasteiger partial charge in [0.25, 0.3) is 0 Å². The molecule has 0 aromatic heterocycles. The summed E-state index contributed by atoms with van der Waals surface area (Å²) in [6, 6.07) is 9.46. The highest BCUT2D eigenvalue weighted by Crippen LogP contribution is 2.35. The zero-order valence-corrected chi connectivity index (χ0v) is 22.4. The van der Waals surface area contributed by atoms with E-state index in [9.17, 15) is 14.7 Å². The lowest BCUT2D eigenvalue weighted by atomic mass is 9.95. The summed E-state index contributed by atoms with van der Waals surface area (Å²) < 4.78 is 21.8. The van der Waals surface area contributed by atoms with Crippen molar-refractivity contribution >= 4 is 18.2 Å². The summed E-state index contributed by atoms with van der Waals surface area (Å²) in [6.45, 7) is 7.42. The number of carbonyl (C=O) groups excluding carboxylic acids is 2. The lowest BCUT2D eigenvalue weighted by Gasteiger charge is -2.28. The molecule has 3 rings (SSSR count). The second-order valence-electron chi connectivity index (χ2n) is 8.48. The quantitative estimate of drug-likeness (QED) is 0.100. The standard InChI is InChI=1S/C28H34N4O7/c1-6-8-19-13-18(9-11-21(19)36-4)15-29-32-24(33)16-39-22-12-10-20(14-23(22)38-7-2)26-25(27(34)37-5)17(3)30-28(35)31-26/h6,9-15,24,26,32-33H,1,7-8,16H2,2-5H3,(H2,30,31,35)/b29-15-/t24-,26+/m1/s1. The smallest absolute Gasteiger partial charge is 0.337 e. The number of urea groups is 1. The molecule has 1 heterocycles. The number of aliphatic hydroxyl groups excluding tert-OH is 1. The SMILES string of the molecule is C=CCc1cc(/C=N\N[C@H](O)COc2ccc([C@@H]3NC(=O)NC(C)=C3C(=O)OC)cc2OCC)ccc1OC. The van der Waals surface area contributed by atoms with E-state index in [0.717, 1.165) is 16.9 Å². The van der Waals surface area contributed by atoms with Crippen molar-refractivity contribution in [2.75, 3.05) is 27.4 Å². The van der Waals surface area contributed by atoms with Gasteiger partial charge in [0.05, 0.1) is 38.7 Å². The molecule has 208 valence electrons. The third-order valence-electron chi connectivity index (χ3n) is 5.78. The average molecular weight is 539 g/mol. The van der Waals surface area contributed by atoms with Gasteiger partial charge in [-0.2, -0.15) is 5.10 Å². The maximum Gasteiger partial charge on any atom is 0.337 e. The van der Waals surface area contributed by atoms with Crippen LogP contribution in [-0.4, -0.2) is 57.0 Å². The Morgan fingerprint density at radius 1 is 1.18 bits per heavy atom. The van der Waals surface area contributed by atoms with Gasteiger partial charge in [-0.25, -0.2) is 9.59 Å². The monoisotopic (exact) mass is 538 g/mol. The van der Waals surface area contributed by atoms with Gasteiger partial charge in [-0.05, 0) is 67.3 Å². The minimum absolute atomic E-state index is 0.127. The number of esters is 1. The molecule has 0 spiro atoms. The van der Waals surface area contributed by atoms with Crippen LogP contribution in [0.4, 0.5) is 4.79 Å². The first-order valence-electron chi connectivity index (χ1n) is 12.3. The third kappa shape index (κ3) is 7.51. The van der Waals surface area contributed by atoms with Gasteiger partial charge in [-0.1, -0.05) is 12.1 Å². The molecule has 0 fully saturated rings. The van der Waals surface area contributed by atoms with Crippen LogP contribution in [0.2, 0.25) is 0 Å². The number of hydrogen-bond donors (Lipinski definition) is 4. The molecule has 11 nitrogen and oxygen atoms in total. The summed E-state index contributed by atoms with van der Waals surface area (Å²) in [5.41, 5.74) is 5.69. The van der Waals surface area contributed by atoms with E-state index in [4.69, 9.17) is 18.9 Å². The van der Waals surface area contributed by atoms with Crippen LogP contribution in [0.15, 0.2) is 65.4 Å². The van der Waals surface area contributed by atoms with Crippen molar-refractivity contribution in [3.8, 4) is 17.2 Å². The first-order chi connectivity index (χ1) is 18.8. The molecule has 0 unspecified atom stereocenters. The van der Waals surface area contributed by atoms with Gasteiger partial charge < -0.3 is 34.7 Å². The number of ether oxygens (including phenoxy) is 4. The number of benzene rings is 2. The Balaban J connectivity index is 1.69. The molecule has 1 aliphatic rings. The largest absolute Gasteiger partial charge is 0.496 e. The molecule has 4 N–H and O–H groups in total. The molecule has 0 saturated carbocycles. The maximum atomic E-state index is 12.4. The highest BCUT2D eigenvalue weighted by atomic mass is 16.5. The Morgan fingerprint density at radius 2 is 1.95 bits per heavy atom. The summed E-state index contributed by atoms with van der Waals surface area (Å²) in [7, 11) is 2.89. The molecule has 2 aromatic carbocycles. The minimum Gasteiger partial charge on any atom is -0.496 e. The van der Waals surface area contributed by atoms with Crippen LogP contribution in [0.25, 0.3) is 0 Å². The second-order valence-corrected chi connectivity index (χ2v) is 8.48. The lowest BCUT2D eigenvalue weighted by molar-refractivity contribution is -0.136. The van der Waals surface area contributed by atoms with Crippen molar-refractivity contribution < 1.29 is 33.6 Å². The molecule has 0 bridgehead atoms. The van der Waals surface area contributed by atoms with E-state index >= 15 is 0 Å². The Morgan fingerprint density at radius 3 is 2.64 bits per heavy atom. The van der Waals surface area contributed by atoms with Gasteiger partial charge >= 0.3 is 12.0 Å². The van der Waals surface area contributed by atoms with Crippen LogP contribution in [0.1, 0.15) is 36.6 Å². The molecular weight excluding hydrogens is 504 g/mol. The van der Waals surface area contributed by atoms with E-state index in [2.05, 4.69) is 27.7 Å². The fourth-order valence-electron chi connectivity index (χ4n) is 4.01. The number of nitrogens with zero attached hydrogens (tertiary/aromatic N) is 1. The molecule has 0 saturated heterocycles. The fourth-order valence-corrected chi connectivity index (χ4v) is 4.01. The molecule has 2 aromatic rings. The molecule has 2 amide bonds. The number of rotatable bonds is 13. The van der Waals surface area contributed by atoms with Crippen LogP contribution in [0.5, 0.6) is 17.2 Å². The van der Waals surface area contributed by atoms with Crippen molar-refractivity contribution in [3.05, 3.63) is 77.0 Å². The number of nitrogens with one attached hydrogen (secondary N) is 3. The van der Waals surface area contributed by atoms with Crippen molar-refractivity contribution in [1.82, 2.24) is 16.1 Å². The Hall–Kier alpha value is -4.51. The topological polar surface area (TPSA) is 140 Å². The van der Waals surface area contributed by atoms with E-state index in [1.54, 1.807) is 44.5 Å². The number of hydrazone groups is 1. The molecule has 39 heavy (non-hydrogen) atoms. The highest BCUT2D eigenvalue weighted by molar-refractivity contribution is 5.95. The summed E-state index contributed by atoms with van der Waals surface area (Å²) in [5, 5.41) is 19.8. The summed E-state index contributed by atoms with van der Waals surface area (Å²) in [5.74, 6) is 0.952. The van der Waals surface area contributed by atoms with Crippen molar-refractivity contribution in [2.45, 2.75) is 32.5 Å². The Labute approximate surface area is 227 Å². The lowest BCUT2D eigenvalue weighted by Crippen LogP contribution is -2.45. The normalized spacial score (nSPS) is 15.7. The predicted octanol–water partition coefficient (Wildman–Crippen LogP) is 2.94. The summed E-state index contributed by atoms with van der Waals surface area (Å²) in [4.78, 5) is 24.5. The number of carbonyl (C=O) groups is 2. The maximum absolute atomic E-state index is 12.4. The Kier molecular flexibility index (Phi) is 10.3. The van der Waals surface area contributed by atoms with Gasteiger partial charge in [0.2, 0.25) is 0 Å². The average Bonchev–Trinajstić information content (AvgIpc) is 2.92. The third-order valence-corrected chi connectivity index (χ3v) is 5.78. The van der Waals surface area contributed by atoms with Crippen LogP contribution in [0.3, 0.4) is 0 Å². The zero-order valence-electron chi connectivity index (χ0n) is 22.4. The predicted molar refractivity (Wildman–Crippen MR) is 146 cm³/mol. The van der Waals surface area contributed by atoms with Gasteiger partial charge in [0, 0.05) is 5.70 Å². The summed E-state index contributed by atoms with van der Waals surface area (Å²) in [6.07, 6.45) is 2.91. The van der Waals surface area contributed by atoms with E-state index in [1.807, 2.05) is 25.1 Å².